The fourth-order valence-corrected chi connectivity index (χ4v) is 5.02. The lowest BCUT2D eigenvalue weighted by molar-refractivity contribution is -0.123. The number of carbonyl (C=O) groups excluding carboxylic acids is 1. The number of aliphatic hydroxyl groups is 2. The van der Waals surface area contributed by atoms with E-state index in [0.717, 1.165) is 38.5 Å². The van der Waals surface area contributed by atoms with Crippen molar-refractivity contribution in [2.75, 3.05) is 6.56 Å². The van der Waals surface area contributed by atoms with Gasteiger partial charge < -0.3 is 15.5 Å². The predicted molar refractivity (Wildman–Crippen MR) is 166 cm³/mol. The van der Waals surface area contributed by atoms with Crippen molar-refractivity contribution in [3.05, 3.63) is 12.2 Å². The number of hydrogen-bond donors (Lipinski definition) is 3. The number of rotatable bonds is 30. The van der Waals surface area contributed by atoms with E-state index in [-0.39, 0.29) is 5.91 Å². The van der Waals surface area contributed by atoms with E-state index >= 15 is 0 Å². The van der Waals surface area contributed by atoms with Gasteiger partial charge in [-0.1, -0.05) is 167 Å². The number of carbonyl (C=O) groups is 1. The topological polar surface area (TPSA) is 69.6 Å². The van der Waals surface area contributed by atoms with Crippen LogP contribution in [0, 0.1) is 0 Å². The number of unbranched alkanes of at least 4 members (excludes halogenated alkanes) is 23. The molecule has 4 nitrogen and oxygen atoms in total. The maximum atomic E-state index is 12.4. The van der Waals surface area contributed by atoms with E-state index in [0.29, 0.717) is 6.42 Å². The molecule has 2 atom stereocenters. The van der Waals surface area contributed by atoms with Crippen molar-refractivity contribution in [2.45, 2.75) is 193 Å². The SMILES string of the molecule is [2H][13C]([2H])(O)[13C@@H](NC(=O)CCCCCCCCCCCCCCC)[C@@H](O)/C=C/CCCCCCCCCCCCC. The van der Waals surface area contributed by atoms with Crippen LogP contribution in [-0.2, 0) is 4.79 Å². The maximum absolute atomic E-state index is 12.4. The average Bonchev–Trinajstić information content (AvgIpc) is 2.91. The van der Waals surface area contributed by atoms with Gasteiger partial charge in [0.25, 0.3) is 0 Å². The van der Waals surface area contributed by atoms with Crippen LogP contribution in [0.2, 0.25) is 0 Å². The second-order valence-corrected chi connectivity index (χ2v) is 11.4. The van der Waals surface area contributed by atoms with Crippen LogP contribution < -0.4 is 5.32 Å². The highest BCUT2D eigenvalue weighted by Gasteiger charge is 2.17. The lowest BCUT2D eigenvalue weighted by Gasteiger charge is -2.20. The molecule has 0 aliphatic rings. The van der Waals surface area contributed by atoms with E-state index < -0.39 is 18.7 Å². The Kier molecular flexibility index (Phi) is 26.9. The highest BCUT2D eigenvalue weighted by Crippen LogP contribution is 2.14. The summed E-state index contributed by atoms with van der Waals surface area (Å²) in [6, 6.07) is -1.37. The number of nitrogens with one attached hydrogen (secondary N) is 1. The van der Waals surface area contributed by atoms with Gasteiger partial charge in [0.2, 0.25) is 5.91 Å². The monoisotopic (exact) mass is 542 g/mol. The third-order valence-electron chi connectivity index (χ3n) is 7.61. The molecule has 1 amide bonds. The molecule has 0 saturated heterocycles. The zero-order valence-electron chi connectivity index (χ0n) is 27.5. The van der Waals surface area contributed by atoms with Crippen molar-refractivity contribution in [2.24, 2.45) is 0 Å². The van der Waals surface area contributed by atoms with Crippen molar-refractivity contribution < 1.29 is 17.7 Å². The third-order valence-corrected chi connectivity index (χ3v) is 7.61. The van der Waals surface area contributed by atoms with Crippen LogP contribution in [0.3, 0.4) is 0 Å². The molecule has 0 unspecified atom stereocenters. The molecule has 0 spiro atoms. The molecule has 0 aliphatic heterocycles. The molecule has 38 heavy (non-hydrogen) atoms. The van der Waals surface area contributed by atoms with Crippen LogP contribution in [0.25, 0.3) is 0 Å². The van der Waals surface area contributed by atoms with Gasteiger partial charge in [-0.05, 0) is 19.3 Å². The fourth-order valence-electron chi connectivity index (χ4n) is 5.02. The highest BCUT2D eigenvalue weighted by molar-refractivity contribution is 5.76. The third kappa shape index (κ3) is 26.7. The minimum atomic E-state index is -2.69. The van der Waals surface area contributed by atoms with E-state index in [2.05, 4.69) is 19.2 Å². The first kappa shape index (κ1) is 33.3. The summed E-state index contributed by atoms with van der Waals surface area (Å²) in [7, 11) is 0. The first-order valence-corrected chi connectivity index (χ1v) is 16.7. The summed E-state index contributed by atoms with van der Waals surface area (Å²) in [5, 5.41) is 22.9. The molecule has 4 heteroatoms. The molecule has 0 aromatic carbocycles. The zero-order chi connectivity index (χ0) is 29.7. The Morgan fingerprint density at radius 2 is 1.03 bits per heavy atom. The summed E-state index contributed by atoms with van der Waals surface area (Å²) in [6.07, 6.45) is 33.3. The molecule has 3 N–H and O–H groups in total. The van der Waals surface area contributed by atoms with Gasteiger partial charge >= 0.3 is 0 Å². The summed E-state index contributed by atoms with van der Waals surface area (Å²) >= 11 is 0. The van der Waals surface area contributed by atoms with Gasteiger partial charge in [-0.2, -0.15) is 0 Å². The van der Waals surface area contributed by atoms with E-state index in [1.165, 1.54) is 128 Å². The Balaban J connectivity index is 3.91. The van der Waals surface area contributed by atoms with Gasteiger partial charge in [0.15, 0.2) is 0 Å². The summed E-state index contributed by atoms with van der Waals surface area (Å²) in [6.45, 7) is 1.81. The molecule has 0 heterocycles. The number of hydrogen-bond acceptors (Lipinski definition) is 3. The van der Waals surface area contributed by atoms with E-state index in [9.17, 15) is 15.0 Å². The highest BCUT2D eigenvalue weighted by atomic mass is 16.4. The average molecular weight is 542 g/mol. The normalized spacial score (nSPS) is 14.4. The summed E-state index contributed by atoms with van der Waals surface area (Å²) in [5.41, 5.74) is 0. The number of aliphatic hydroxyl groups excluding tert-OH is 1. The molecular formula is C34H67NO3. The van der Waals surface area contributed by atoms with E-state index in [1.807, 2.05) is 6.08 Å². The summed E-state index contributed by atoms with van der Waals surface area (Å²) in [4.78, 5) is 12.4. The van der Waals surface area contributed by atoms with Crippen molar-refractivity contribution >= 4 is 5.91 Å². The molecular weight excluding hydrogens is 472 g/mol. The van der Waals surface area contributed by atoms with Crippen molar-refractivity contribution in [3.8, 4) is 0 Å². The van der Waals surface area contributed by atoms with Gasteiger partial charge in [0.05, 0.1) is 21.4 Å². The molecule has 0 aromatic heterocycles. The minimum absolute atomic E-state index is 0.291. The quantitative estimate of drug-likeness (QED) is 0.0481. The summed E-state index contributed by atoms with van der Waals surface area (Å²) < 4.78 is 15.4. The smallest absolute Gasteiger partial charge is 0.220 e. The van der Waals surface area contributed by atoms with Crippen LogP contribution in [0.4, 0.5) is 0 Å². The van der Waals surface area contributed by atoms with Crippen molar-refractivity contribution in [3.63, 3.8) is 0 Å². The van der Waals surface area contributed by atoms with Crippen molar-refractivity contribution in [1.82, 2.24) is 5.32 Å². The molecule has 0 radical (unpaired) electrons. The van der Waals surface area contributed by atoms with Crippen LogP contribution in [0.5, 0.6) is 0 Å². The Bertz CT molecular complexity index is 580. The molecule has 0 fully saturated rings. The largest absolute Gasteiger partial charge is 0.394 e. The Morgan fingerprint density at radius 1 is 0.658 bits per heavy atom. The van der Waals surface area contributed by atoms with E-state index in [4.69, 9.17) is 2.74 Å². The molecule has 0 rings (SSSR count). The van der Waals surface area contributed by atoms with Gasteiger partial charge in [-0.3, -0.25) is 4.79 Å². The predicted octanol–water partition coefficient (Wildman–Crippen LogP) is 9.56. The van der Waals surface area contributed by atoms with Crippen LogP contribution >= 0.6 is 0 Å². The van der Waals surface area contributed by atoms with Gasteiger partial charge in [-0.15, -0.1) is 0 Å². The minimum Gasteiger partial charge on any atom is -0.394 e. The molecule has 0 aromatic rings. The maximum Gasteiger partial charge on any atom is 0.220 e. The molecule has 0 aliphatic carbocycles. The lowest BCUT2D eigenvalue weighted by Crippen LogP contribution is -2.45. The van der Waals surface area contributed by atoms with Crippen LogP contribution in [-0.4, -0.2) is 34.8 Å². The standard InChI is InChI=1S/C34H67NO3/c1-3-5-7-9-11-13-15-17-19-21-23-25-27-29-33(37)32(31-36)35-34(38)30-28-26-24-22-20-18-16-14-12-10-8-6-4-2/h27,29,32-33,36-37H,3-26,28,30-31H2,1-2H3,(H,35,38)/b29-27+/t32-,33+/m1/s1/i31+1D2,32+1. The number of amides is 1. The first-order valence-electron chi connectivity index (χ1n) is 17.7. The fraction of sp³-hybridized carbons (Fsp3) is 0.912. The zero-order valence-corrected chi connectivity index (χ0v) is 25.5. The Morgan fingerprint density at radius 3 is 1.42 bits per heavy atom. The molecule has 0 bridgehead atoms. The summed E-state index contributed by atoms with van der Waals surface area (Å²) in [5.74, 6) is -0.316. The second kappa shape index (κ2) is 30.7. The van der Waals surface area contributed by atoms with E-state index in [1.54, 1.807) is 0 Å². The second-order valence-electron chi connectivity index (χ2n) is 11.4. The first-order chi connectivity index (χ1) is 19.3. The Labute approximate surface area is 240 Å². The van der Waals surface area contributed by atoms with Gasteiger partial charge in [-0.25, -0.2) is 0 Å². The lowest BCUT2D eigenvalue weighted by atomic mass is 10.0. The van der Waals surface area contributed by atoms with Crippen molar-refractivity contribution in [1.29, 1.82) is 0 Å². The Hall–Kier alpha value is -0.870. The molecule has 226 valence electrons. The molecule has 0 saturated carbocycles. The van der Waals surface area contributed by atoms with Gasteiger partial charge in [0, 0.05) is 6.42 Å². The van der Waals surface area contributed by atoms with Crippen LogP contribution in [0.15, 0.2) is 12.2 Å². The van der Waals surface area contributed by atoms with Crippen LogP contribution in [0.1, 0.15) is 184 Å². The number of allylic oxidation sites excluding steroid dienone is 1. The van der Waals surface area contributed by atoms with Gasteiger partial charge in [0.1, 0.15) is 0 Å².